The molecule has 0 unspecified atom stereocenters. The summed E-state index contributed by atoms with van der Waals surface area (Å²) in [5, 5.41) is 2.86. The highest BCUT2D eigenvalue weighted by atomic mass is 32.2. The van der Waals surface area contributed by atoms with Gasteiger partial charge in [-0.05, 0) is 24.3 Å². The Bertz CT molecular complexity index is 602. The summed E-state index contributed by atoms with van der Waals surface area (Å²) in [6.07, 6.45) is 0.438. The molecular formula is C16H18N2O2S. The summed E-state index contributed by atoms with van der Waals surface area (Å²) in [7, 11) is 1.61. The van der Waals surface area contributed by atoms with Crippen LogP contribution in [0.5, 0.6) is 5.75 Å². The molecule has 0 aromatic heterocycles. The number of anilines is 2. The number of nitrogens with two attached hydrogens (primary N) is 1. The van der Waals surface area contributed by atoms with Crippen molar-refractivity contribution in [3.8, 4) is 5.75 Å². The van der Waals surface area contributed by atoms with E-state index in [1.807, 2.05) is 42.5 Å². The van der Waals surface area contributed by atoms with Crippen molar-refractivity contribution in [2.75, 3.05) is 23.9 Å². The molecule has 0 aliphatic rings. The highest BCUT2D eigenvalue weighted by Crippen LogP contribution is 2.31. The summed E-state index contributed by atoms with van der Waals surface area (Å²) in [4.78, 5) is 12.8. The standard InChI is InChI=1S/C16H18N2O2S/c1-20-14-11-12(17)7-8-15(14)21-10-9-16(19)18-13-5-3-2-4-6-13/h2-8,11H,9-10,17H2,1H3,(H,18,19). The third kappa shape index (κ3) is 4.72. The maximum Gasteiger partial charge on any atom is 0.225 e. The van der Waals surface area contributed by atoms with Crippen molar-refractivity contribution in [3.63, 3.8) is 0 Å². The van der Waals surface area contributed by atoms with Crippen LogP contribution in [0.25, 0.3) is 0 Å². The Balaban J connectivity index is 1.83. The van der Waals surface area contributed by atoms with Gasteiger partial charge < -0.3 is 15.8 Å². The number of para-hydroxylation sites is 1. The maximum absolute atomic E-state index is 11.8. The minimum absolute atomic E-state index is 0.00288. The van der Waals surface area contributed by atoms with E-state index in [0.29, 0.717) is 17.9 Å². The number of nitrogen functional groups attached to an aromatic ring is 1. The van der Waals surface area contributed by atoms with Crippen LogP contribution in [0, 0.1) is 0 Å². The normalized spacial score (nSPS) is 10.1. The van der Waals surface area contributed by atoms with Crippen LogP contribution in [0.15, 0.2) is 53.4 Å². The molecule has 3 N–H and O–H groups in total. The number of methoxy groups -OCH3 is 1. The second kappa shape index (κ2) is 7.59. The maximum atomic E-state index is 11.8. The fraction of sp³-hybridized carbons (Fsp3) is 0.188. The quantitative estimate of drug-likeness (QED) is 0.634. The second-order valence-electron chi connectivity index (χ2n) is 4.42. The van der Waals surface area contributed by atoms with Gasteiger partial charge in [0.2, 0.25) is 5.91 Å². The molecule has 0 radical (unpaired) electrons. The highest BCUT2D eigenvalue weighted by molar-refractivity contribution is 7.99. The first-order valence-electron chi connectivity index (χ1n) is 6.60. The molecule has 0 aliphatic carbocycles. The molecule has 0 heterocycles. The van der Waals surface area contributed by atoms with Gasteiger partial charge in [0.15, 0.2) is 0 Å². The number of hydrogen-bond donors (Lipinski definition) is 2. The summed E-state index contributed by atoms with van der Waals surface area (Å²) < 4.78 is 5.28. The molecule has 0 saturated heterocycles. The van der Waals surface area contributed by atoms with Gasteiger partial charge in [-0.15, -0.1) is 11.8 Å². The van der Waals surface area contributed by atoms with E-state index < -0.39 is 0 Å². The average Bonchev–Trinajstić information content (AvgIpc) is 2.49. The predicted molar refractivity (Wildman–Crippen MR) is 87.8 cm³/mol. The van der Waals surface area contributed by atoms with E-state index in [1.165, 1.54) is 0 Å². The number of benzene rings is 2. The number of hydrogen-bond acceptors (Lipinski definition) is 4. The fourth-order valence-electron chi connectivity index (χ4n) is 1.80. The van der Waals surface area contributed by atoms with Crippen LogP contribution in [-0.4, -0.2) is 18.8 Å². The van der Waals surface area contributed by atoms with Gasteiger partial charge in [0.25, 0.3) is 0 Å². The van der Waals surface area contributed by atoms with Gasteiger partial charge in [-0.1, -0.05) is 18.2 Å². The van der Waals surface area contributed by atoms with Gasteiger partial charge in [0.1, 0.15) is 5.75 Å². The number of amides is 1. The Morgan fingerprint density at radius 3 is 2.71 bits per heavy atom. The summed E-state index contributed by atoms with van der Waals surface area (Å²) >= 11 is 1.58. The monoisotopic (exact) mass is 302 g/mol. The SMILES string of the molecule is COc1cc(N)ccc1SCCC(=O)Nc1ccccc1. The first-order chi connectivity index (χ1) is 10.2. The van der Waals surface area contributed by atoms with E-state index in [9.17, 15) is 4.79 Å². The average molecular weight is 302 g/mol. The lowest BCUT2D eigenvalue weighted by Gasteiger charge is -2.09. The second-order valence-corrected chi connectivity index (χ2v) is 5.56. The molecular weight excluding hydrogens is 284 g/mol. The number of thioether (sulfide) groups is 1. The number of ether oxygens (including phenoxy) is 1. The zero-order valence-corrected chi connectivity index (χ0v) is 12.7. The summed E-state index contributed by atoms with van der Waals surface area (Å²) in [6.45, 7) is 0. The van der Waals surface area contributed by atoms with Crippen molar-refractivity contribution in [2.45, 2.75) is 11.3 Å². The molecule has 0 spiro atoms. The number of rotatable bonds is 6. The molecule has 0 saturated carbocycles. The van der Waals surface area contributed by atoms with Crippen molar-refractivity contribution in [2.24, 2.45) is 0 Å². The number of carbonyl (C=O) groups is 1. The Morgan fingerprint density at radius 1 is 1.24 bits per heavy atom. The van der Waals surface area contributed by atoms with Gasteiger partial charge in [0.05, 0.1) is 7.11 Å². The molecule has 21 heavy (non-hydrogen) atoms. The van der Waals surface area contributed by atoms with Crippen molar-refractivity contribution in [3.05, 3.63) is 48.5 Å². The lowest BCUT2D eigenvalue weighted by atomic mass is 10.3. The van der Waals surface area contributed by atoms with Crippen LogP contribution < -0.4 is 15.8 Å². The van der Waals surface area contributed by atoms with E-state index in [2.05, 4.69) is 5.32 Å². The Hall–Kier alpha value is -2.14. The third-order valence-corrected chi connectivity index (χ3v) is 3.89. The molecule has 2 aromatic rings. The number of nitrogens with one attached hydrogen (secondary N) is 1. The van der Waals surface area contributed by atoms with Crippen molar-refractivity contribution >= 4 is 29.0 Å². The number of carbonyl (C=O) groups excluding carboxylic acids is 1. The zero-order valence-electron chi connectivity index (χ0n) is 11.8. The molecule has 110 valence electrons. The molecule has 0 atom stereocenters. The van der Waals surface area contributed by atoms with E-state index >= 15 is 0 Å². The van der Waals surface area contributed by atoms with Gasteiger partial charge in [-0.2, -0.15) is 0 Å². The Kier molecular flexibility index (Phi) is 5.51. The molecule has 0 fully saturated rings. The summed E-state index contributed by atoms with van der Waals surface area (Å²) in [5.41, 5.74) is 7.19. The first-order valence-corrected chi connectivity index (χ1v) is 7.59. The predicted octanol–water partition coefficient (Wildman–Crippen LogP) is 3.40. The minimum atomic E-state index is 0.00288. The molecule has 2 aromatic carbocycles. The molecule has 1 amide bonds. The van der Waals surface area contributed by atoms with Gasteiger partial charge in [-0.3, -0.25) is 4.79 Å². The van der Waals surface area contributed by atoms with Crippen LogP contribution >= 0.6 is 11.8 Å². The lowest BCUT2D eigenvalue weighted by Crippen LogP contribution is -2.11. The van der Waals surface area contributed by atoms with Crippen molar-refractivity contribution in [1.82, 2.24) is 0 Å². The lowest BCUT2D eigenvalue weighted by molar-refractivity contribution is -0.115. The van der Waals surface area contributed by atoms with Crippen LogP contribution in [0.3, 0.4) is 0 Å². The van der Waals surface area contributed by atoms with Crippen molar-refractivity contribution < 1.29 is 9.53 Å². The van der Waals surface area contributed by atoms with Crippen LogP contribution in [-0.2, 0) is 4.79 Å². The van der Waals surface area contributed by atoms with E-state index in [4.69, 9.17) is 10.5 Å². The molecule has 5 heteroatoms. The van der Waals surface area contributed by atoms with Gasteiger partial charge in [-0.25, -0.2) is 0 Å². The first kappa shape index (κ1) is 15.3. The van der Waals surface area contributed by atoms with Crippen LogP contribution in [0.1, 0.15) is 6.42 Å². The van der Waals surface area contributed by atoms with E-state index in [0.717, 1.165) is 16.3 Å². The third-order valence-electron chi connectivity index (χ3n) is 2.83. The summed E-state index contributed by atoms with van der Waals surface area (Å²) in [5.74, 6) is 1.42. The summed E-state index contributed by atoms with van der Waals surface area (Å²) in [6, 6.07) is 15.0. The zero-order chi connectivity index (χ0) is 15.1. The molecule has 0 aliphatic heterocycles. The minimum Gasteiger partial charge on any atom is -0.496 e. The van der Waals surface area contributed by atoms with Crippen LogP contribution in [0.4, 0.5) is 11.4 Å². The molecule has 4 nitrogen and oxygen atoms in total. The van der Waals surface area contributed by atoms with E-state index in [1.54, 1.807) is 24.9 Å². The van der Waals surface area contributed by atoms with Crippen molar-refractivity contribution in [1.29, 1.82) is 0 Å². The van der Waals surface area contributed by atoms with Crippen LogP contribution in [0.2, 0.25) is 0 Å². The van der Waals surface area contributed by atoms with E-state index in [-0.39, 0.29) is 5.91 Å². The highest BCUT2D eigenvalue weighted by Gasteiger charge is 2.06. The van der Waals surface area contributed by atoms with Gasteiger partial charge >= 0.3 is 0 Å². The largest absolute Gasteiger partial charge is 0.496 e. The Labute approximate surface area is 128 Å². The Morgan fingerprint density at radius 2 is 2.00 bits per heavy atom. The molecule has 2 rings (SSSR count). The fourth-order valence-corrected chi connectivity index (χ4v) is 2.76. The topological polar surface area (TPSA) is 64.3 Å². The smallest absolute Gasteiger partial charge is 0.225 e. The van der Waals surface area contributed by atoms with Gasteiger partial charge in [0, 0.05) is 34.5 Å². The molecule has 0 bridgehead atoms.